The van der Waals surface area contributed by atoms with E-state index in [0.29, 0.717) is 0 Å². The summed E-state index contributed by atoms with van der Waals surface area (Å²) in [5.41, 5.74) is 0. The van der Waals surface area contributed by atoms with Crippen LogP contribution in [0, 0.1) is 0 Å². The van der Waals surface area contributed by atoms with Gasteiger partial charge in [0.05, 0.1) is 6.26 Å². The molecule has 0 fully saturated rings. The number of hydrogen-bond acceptors (Lipinski definition) is 2. The van der Waals surface area contributed by atoms with Gasteiger partial charge in [-0.25, -0.2) is 0 Å². The third-order valence-electron chi connectivity index (χ3n) is 3.22. The van der Waals surface area contributed by atoms with E-state index in [1.54, 1.807) is 6.26 Å². The molecule has 1 aromatic rings. The molecular formula is C16H29N3O. The van der Waals surface area contributed by atoms with E-state index in [-0.39, 0.29) is 0 Å². The normalized spacial score (nSPS) is 11.7. The van der Waals surface area contributed by atoms with Gasteiger partial charge in [0.15, 0.2) is 5.96 Å². The van der Waals surface area contributed by atoms with Gasteiger partial charge < -0.3 is 14.6 Å². The van der Waals surface area contributed by atoms with Gasteiger partial charge in [-0.1, -0.05) is 26.7 Å². The van der Waals surface area contributed by atoms with Gasteiger partial charge in [-0.15, -0.1) is 0 Å². The Hall–Kier alpha value is -1.45. The molecule has 0 unspecified atom stereocenters. The zero-order valence-corrected chi connectivity index (χ0v) is 13.2. The first-order valence-electron chi connectivity index (χ1n) is 7.79. The lowest BCUT2D eigenvalue weighted by Crippen LogP contribution is -2.40. The predicted molar refractivity (Wildman–Crippen MR) is 85.2 cm³/mol. The van der Waals surface area contributed by atoms with Crippen molar-refractivity contribution in [2.75, 3.05) is 26.7 Å². The minimum atomic E-state index is 0.856. The highest BCUT2D eigenvalue weighted by Gasteiger charge is 2.05. The summed E-state index contributed by atoms with van der Waals surface area (Å²) in [6.07, 6.45) is 7.34. The van der Waals surface area contributed by atoms with Crippen molar-refractivity contribution in [1.29, 1.82) is 0 Å². The molecule has 0 radical (unpaired) electrons. The molecule has 20 heavy (non-hydrogen) atoms. The molecular weight excluding hydrogens is 250 g/mol. The Morgan fingerprint density at radius 3 is 2.75 bits per heavy atom. The van der Waals surface area contributed by atoms with E-state index in [1.165, 1.54) is 19.3 Å². The van der Waals surface area contributed by atoms with Gasteiger partial charge in [0, 0.05) is 33.1 Å². The molecule has 1 heterocycles. The van der Waals surface area contributed by atoms with Crippen molar-refractivity contribution in [3.8, 4) is 0 Å². The molecule has 0 aliphatic heterocycles. The molecule has 1 N–H and O–H groups in total. The Bertz CT molecular complexity index is 360. The van der Waals surface area contributed by atoms with Crippen LogP contribution in [0.15, 0.2) is 27.8 Å². The summed E-state index contributed by atoms with van der Waals surface area (Å²) in [6, 6.07) is 3.94. The molecule has 0 aromatic carbocycles. The Morgan fingerprint density at radius 2 is 2.10 bits per heavy atom. The lowest BCUT2D eigenvalue weighted by molar-refractivity contribution is 0.458. The highest BCUT2D eigenvalue weighted by molar-refractivity contribution is 5.79. The number of guanidine groups is 1. The van der Waals surface area contributed by atoms with Crippen molar-refractivity contribution in [1.82, 2.24) is 10.2 Å². The summed E-state index contributed by atoms with van der Waals surface area (Å²) in [4.78, 5) is 6.91. The van der Waals surface area contributed by atoms with Crippen molar-refractivity contribution >= 4 is 5.96 Å². The second-order valence-electron chi connectivity index (χ2n) is 5.09. The van der Waals surface area contributed by atoms with Crippen LogP contribution in [0.25, 0.3) is 0 Å². The summed E-state index contributed by atoms with van der Waals surface area (Å²) < 4.78 is 5.35. The topological polar surface area (TPSA) is 40.8 Å². The molecule has 114 valence electrons. The van der Waals surface area contributed by atoms with Crippen molar-refractivity contribution < 1.29 is 4.42 Å². The monoisotopic (exact) mass is 279 g/mol. The Labute approximate surface area is 123 Å². The van der Waals surface area contributed by atoms with Gasteiger partial charge in [-0.3, -0.25) is 4.99 Å². The predicted octanol–water partition coefficient (Wildman–Crippen LogP) is 3.30. The maximum atomic E-state index is 5.35. The summed E-state index contributed by atoms with van der Waals surface area (Å²) >= 11 is 0. The average molecular weight is 279 g/mol. The van der Waals surface area contributed by atoms with E-state index in [2.05, 4.69) is 36.1 Å². The SMILES string of the molecule is CCCCN=C(NCCc1ccco1)N(C)CCCC. The molecule has 0 bridgehead atoms. The number of unbranched alkanes of at least 4 members (excludes halogenated alkanes) is 2. The third-order valence-corrected chi connectivity index (χ3v) is 3.22. The van der Waals surface area contributed by atoms with Gasteiger partial charge in [-0.05, 0) is 25.0 Å². The summed E-state index contributed by atoms with van der Waals surface area (Å²) in [7, 11) is 2.11. The van der Waals surface area contributed by atoms with Crippen LogP contribution in [0.5, 0.6) is 0 Å². The van der Waals surface area contributed by atoms with Gasteiger partial charge in [0.1, 0.15) is 5.76 Å². The van der Waals surface area contributed by atoms with Gasteiger partial charge in [-0.2, -0.15) is 0 Å². The molecule has 1 aromatic heterocycles. The first-order chi connectivity index (χ1) is 9.77. The lowest BCUT2D eigenvalue weighted by atomic mass is 10.3. The van der Waals surface area contributed by atoms with Crippen molar-refractivity contribution in [2.45, 2.75) is 46.0 Å². The van der Waals surface area contributed by atoms with Crippen LogP contribution in [0.2, 0.25) is 0 Å². The smallest absolute Gasteiger partial charge is 0.193 e. The van der Waals surface area contributed by atoms with Crippen molar-refractivity contribution in [3.05, 3.63) is 24.2 Å². The second kappa shape index (κ2) is 10.4. The second-order valence-corrected chi connectivity index (χ2v) is 5.09. The van der Waals surface area contributed by atoms with Crippen LogP contribution in [0.4, 0.5) is 0 Å². The molecule has 0 spiro atoms. The number of hydrogen-bond donors (Lipinski definition) is 1. The van der Waals surface area contributed by atoms with Crippen LogP contribution in [-0.4, -0.2) is 37.5 Å². The fourth-order valence-electron chi connectivity index (χ4n) is 1.91. The average Bonchev–Trinajstić information content (AvgIpc) is 2.96. The van der Waals surface area contributed by atoms with E-state index < -0.39 is 0 Å². The van der Waals surface area contributed by atoms with Crippen LogP contribution in [-0.2, 0) is 6.42 Å². The quantitative estimate of drug-likeness (QED) is 0.428. The molecule has 1 rings (SSSR count). The minimum Gasteiger partial charge on any atom is -0.469 e. The van der Waals surface area contributed by atoms with Gasteiger partial charge in [0.25, 0.3) is 0 Å². The number of aliphatic imine (C=N–C) groups is 1. The van der Waals surface area contributed by atoms with E-state index in [1.807, 2.05) is 12.1 Å². The van der Waals surface area contributed by atoms with E-state index in [0.717, 1.165) is 44.2 Å². The van der Waals surface area contributed by atoms with E-state index >= 15 is 0 Å². The molecule has 0 atom stereocenters. The zero-order chi connectivity index (χ0) is 14.6. The van der Waals surface area contributed by atoms with Crippen LogP contribution in [0.3, 0.4) is 0 Å². The molecule has 4 nitrogen and oxygen atoms in total. The Balaban J connectivity index is 2.41. The number of furan rings is 1. The highest BCUT2D eigenvalue weighted by Crippen LogP contribution is 2.00. The Kier molecular flexibility index (Phi) is 8.59. The highest BCUT2D eigenvalue weighted by atomic mass is 16.3. The summed E-state index contributed by atoms with van der Waals surface area (Å²) in [5.74, 6) is 2.03. The molecule has 0 amide bonds. The number of rotatable bonds is 9. The van der Waals surface area contributed by atoms with Crippen LogP contribution >= 0.6 is 0 Å². The summed E-state index contributed by atoms with van der Waals surface area (Å²) in [6.45, 7) is 7.21. The number of nitrogens with zero attached hydrogens (tertiary/aromatic N) is 2. The maximum Gasteiger partial charge on any atom is 0.193 e. The molecule has 0 aliphatic carbocycles. The fraction of sp³-hybridized carbons (Fsp3) is 0.688. The fourth-order valence-corrected chi connectivity index (χ4v) is 1.91. The lowest BCUT2D eigenvalue weighted by Gasteiger charge is -2.22. The standard InChI is InChI=1S/C16H29N3O/c1-4-6-11-17-16(19(3)13-7-5-2)18-12-10-15-9-8-14-20-15/h8-9,14H,4-7,10-13H2,1-3H3,(H,17,18). The van der Waals surface area contributed by atoms with Crippen LogP contribution < -0.4 is 5.32 Å². The van der Waals surface area contributed by atoms with Gasteiger partial charge >= 0.3 is 0 Å². The molecule has 4 heteroatoms. The largest absolute Gasteiger partial charge is 0.469 e. The van der Waals surface area contributed by atoms with Crippen LogP contribution in [0.1, 0.15) is 45.3 Å². The molecule has 0 saturated heterocycles. The first kappa shape index (κ1) is 16.6. The Morgan fingerprint density at radius 1 is 1.30 bits per heavy atom. The molecule has 0 aliphatic rings. The minimum absolute atomic E-state index is 0.856. The maximum absolute atomic E-state index is 5.35. The van der Waals surface area contributed by atoms with E-state index in [4.69, 9.17) is 4.42 Å². The third kappa shape index (κ3) is 6.64. The van der Waals surface area contributed by atoms with Crippen molar-refractivity contribution in [3.63, 3.8) is 0 Å². The molecule has 0 saturated carbocycles. The van der Waals surface area contributed by atoms with E-state index in [9.17, 15) is 0 Å². The van der Waals surface area contributed by atoms with Gasteiger partial charge in [0.2, 0.25) is 0 Å². The zero-order valence-electron chi connectivity index (χ0n) is 13.2. The first-order valence-corrected chi connectivity index (χ1v) is 7.79. The summed E-state index contributed by atoms with van der Waals surface area (Å²) in [5, 5.41) is 3.44. The van der Waals surface area contributed by atoms with Crippen molar-refractivity contribution in [2.24, 2.45) is 4.99 Å². The number of nitrogens with one attached hydrogen (secondary N) is 1.